The molecule has 0 spiro atoms. The molecule has 0 saturated carbocycles. The van der Waals surface area contributed by atoms with Crippen molar-refractivity contribution >= 4 is 21.9 Å². The number of halogens is 1. The van der Waals surface area contributed by atoms with E-state index in [1.54, 1.807) is 12.1 Å². The molecule has 1 unspecified atom stereocenters. The summed E-state index contributed by atoms with van der Waals surface area (Å²) < 4.78 is 6.42. The van der Waals surface area contributed by atoms with Gasteiger partial charge in [-0.3, -0.25) is 0 Å². The summed E-state index contributed by atoms with van der Waals surface area (Å²) in [7, 11) is 2.14. The van der Waals surface area contributed by atoms with Gasteiger partial charge in [0.25, 0.3) is 0 Å². The monoisotopic (exact) mass is 298 g/mol. The van der Waals surface area contributed by atoms with Gasteiger partial charge in [0.15, 0.2) is 6.10 Å². The second-order valence-corrected chi connectivity index (χ2v) is 5.51. The third-order valence-corrected chi connectivity index (χ3v) is 3.53. The molecular weight excluding hydrogens is 282 g/mol. The number of benzene rings is 1. The number of ether oxygens (including phenoxy) is 1. The maximum absolute atomic E-state index is 11.9. The molecule has 1 aliphatic heterocycles. The summed E-state index contributed by atoms with van der Waals surface area (Å²) in [4.78, 5) is 13.4. The Labute approximate surface area is 110 Å². The predicted molar refractivity (Wildman–Crippen MR) is 69.2 cm³/mol. The Kier molecular flexibility index (Phi) is 4.18. The normalized spacial score (nSPS) is 24.4. The van der Waals surface area contributed by atoms with Gasteiger partial charge in [0.1, 0.15) is 6.54 Å². The summed E-state index contributed by atoms with van der Waals surface area (Å²) in [5, 5.41) is 0. The number of rotatable bonds is 2. The Morgan fingerprint density at radius 1 is 1.53 bits per heavy atom. The molecule has 1 saturated heterocycles. The molecule has 2 rings (SSSR count). The van der Waals surface area contributed by atoms with Gasteiger partial charge in [0, 0.05) is 10.9 Å². The van der Waals surface area contributed by atoms with E-state index in [4.69, 9.17) is 4.74 Å². The molecule has 0 bridgehead atoms. The van der Waals surface area contributed by atoms with Crippen molar-refractivity contribution < 1.29 is 14.4 Å². The third-order valence-electron chi connectivity index (χ3n) is 3.04. The minimum atomic E-state index is -0.217. The van der Waals surface area contributed by atoms with Crippen molar-refractivity contribution in [2.45, 2.75) is 18.9 Å². The van der Waals surface area contributed by atoms with Crippen molar-refractivity contribution in [2.24, 2.45) is 0 Å². The van der Waals surface area contributed by atoms with Gasteiger partial charge in [0.05, 0.1) is 19.2 Å². The molecular formula is C13H17BrNO2+. The quantitative estimate of drug-likeness (QED) is 0.834. The molecule has 2 atom stereocenters. The van der Waals surface area contributed by atoms with Gasteiger partial charge in [-0.25, -0.2) is 4.79 Å². The highest BCUT2D eigenvalue weighted by atomic mass is 79.9. The molecule has 0 aromatic heterocycles. The van der Waals surface area contributed by atoms with E-state index in [0.29, 0.717) is 5.56 Å². The molecule has 4 heteroatoms. The minimum absolute atomic E-state index is 0.0650. The Morgan fingerprint density at radius 2 is 2.35 bits per heavy atom. The number of likely N-dealkylation sites (tertiary alicyclic amines) is 1. The minimum Gasteiger partial charge on any atom is -0.453 e. The molecule has 1 aromatic carbocycles. The maximum Gasteiger partial charge on any atom is 0.338 e. The Balaban J connectivity index is 1.97. The predicted octanol–water partition coefficient (Wildman–Crippen LogP) is 1.28. The van der Waals surface area contributed by atoms with E-state index in [1.807, 2.05) is 12.1 Å². The van der Waals surface area contributed by atoms with Gasteiger partial charge in [-0.15, -0.1) is 0 Å². The van der Waals surface area contributed by atoms with E-state index in [-0.39, 0.29) is 12.1 Å². The van der Waals surface area contributed by atoms with Crippen LogP contribution in [0.1, 0.15) is 23.2 Å². The van der Waals surface area contributed by atoms with Crippen molar-refractivity contribution in [1.29, 1.82) is 0 Å². The molecule has 0 amide bonds. The maximum atomic E-state index is 11.9. The van der Waals surface area contributed by atoms with Crippen LogP contribution in [0.4, 0.5) is 0 Å². The molecule has 0 radical (unpaired) electrons. The lowest BCUT2D eigenvalue weighted by Gasteiger charge is -2.26. The fourth-order valence-corrected chi connectivity index (χ4v) is 2.56. The summed E-state index contributed by atoms with van der Waals surface area (Å²) >= 11 is 3.35. The van der Waals surface area contributed by atoms with Crippen LogP contribution in [0.3, 0.4) is 0 Å². The van der Waals surface area contributed by atoms with Gasteiger partial charge >= 0.3 is 5.97 Å². The van der Waals surface area contributed by atoms with Crippen LogP contribution < -0.4 is 4.90 Å². The molecule has 1 aromatic rings. The van der Waals surface area contributed by atoms with E-state index < -0.39 is 0 Å². The van der Waals surface area contributed by atoms with Gasteiger partial charge in [0.2, 0.25) is 0 Å². The van der Waals surface area contributed by atoms with Crippen LogP contribution in [-0.4, -0.2) is 32.2 Å². The van der Waals surface area contributed by atoms with Gasteiger partial charge in [-0.2, -0.15) is 0 Å². The lowest BCUT2D eigenvalue weighted by atomic mass is 10.1. The zero-order valence-corrected chi connectivity index (χ0v) is 11.5. The van der Waals surface area contributed by atoms with Crippen LogP contribution in [0.25, 0.3) is 0 Å². The number of esters is 1. The van der Waals surface area contributed by atoms with E-state index >= 15 is 0 Å². The number of nitrogens with one attached hydrogen (secondary N) is 1. The standard InChI is InChI=1S/C13H16BrNO2/c1-15-7-3-6-12(9-15)17-13(16)10-4-2-5-11(14)8-10/h2,4-5,8,12H,3,6-7,9H2,1H3/p+1/t12-/m0/s1. The fourth-order valence-electron chi connectivity index (χ4n) is 2.16. The highest BCUT2D eigenvalue weighted by molar-refractivity contribution is 9.10. The summed E-state index contributed by atoms with van der Waals surface area (Å²) in [6, 6.07) is 7.32. The zero-order valence-electron chi connectivity index (χ0n) is 9.91. The van der Waals surface area contributed by atoms with Crippen molar-refractivity contribution in [3.8, 4) is 0 Å². The topological polar surface area (TPSA) is 30.7 Å². The number of hydrogen-bond donors (Lipinski definition) is 1. The van der Waals surface area contributed by atoms with Crippen LogP contribution >= 0.6 is 15.9 Å². The largest absolute Gasteiger partial charge is 0.453 e. The molecule has 92 valence electrons. The summed E-state index contributed by atoms with van der Waals surface area (Å²) in [5.41, 5.74) is 0.614. The Bertz CT molecular complexity index is 408. The Morgan fingerprint density at radius 3 is 3.06 bits per heavy atom. The number of carbonyl (C=O) groups is 1. The first-order chi connectivity index (χ1) is 8.15. The third kappa shape index (κ3) is 3.54. The van der Waals surface area contributed by atoms with Gasteiger partial charge < -0.3 is 9.64 Å². The van der Waals surface area contributed by atoms with Crippen molar-refractivity contribution in [2.75, 3.05) is 20.1 Å². The van der Waals surface area contributed by atoms with Crippen LogP contribution in [-0.2, 0) is 4.74 Å². The van der Waals surface area contributed by atoms with E-state index in [0.717, 1.165) is 23.9 Å². The smallest absolute Gasteiger partial charge is 0.338 e. The molecule has 1 aliphatic rings. The SMILES string of the molecule is C[NH+]1CCC[C@H](OC(=O)c2cccc(Br)c2)C1. The van der Waals surface area contributed by atoms with Crippen LogP contribution in [0, 0.1) is 0 Å². The molecule has 3 nitrogen and oxygen atoms in total. The first-order valence-electron chi connectivity index (χ1n) is 5.93. The highest BCUT2D eigenvalue weighted by Gasteiger charge is 2.24. The zero-order chi connectivity index (χ0) is 12.3. The summed E-state index contributed by atoms with van der Waals surface area (Å²) in [6.45, 7) is 2.09. The van der Waals surface area contributed by atoms with Crippen molar-refractivity contribution in [3.05, 3.63) is 34.3 Å². The molecule has 0 aliphatic carbocycles. The lowest BCUT2D eigenvalue weighted by molar-refractivity contribution is -0.888. The number of likely N-dealkylation sites (N-methyl/N-ethyl adjacent to an activating group) is 1. The second kappa shape index (κ2) is 5.65. The van der Waals surface area contributed by atoms with Gasteiger partial charge in [-0.05, 0) is 24.6 Å². The average Bonchev–Trinajstić information content (AvgIpc) is 2.29. The summed E-state index contributed by atoms with van der Waals surface area (Å²) in [6.07, 6.45) is 2.18. The fraction of sp³-hybridized carbons (Fsp3) is 0.462. The first kappa shape index (κ1) is 12.6. The molecule has 1 heterocycles. The van der Waals surface area contributed by atoms with Crippen LogP contribution in [0.5, 0.6) is 0 Å². The number of quaternary nitrogens is 1. The van der Waals surface area contributed by atoms with Crippen molar-refractivity contribution in [1.82, 2.24) is 0 Å². The Hall–Kier alpha value is -0.870. The first-order valence-corrected chi connectivity index (χ1v) is 6.72. The van der Waals surface area contributed by atoms with E-state index in [1.165, 1.54) is 11.4 Å². The molecule has 1 fully saturated rings. The van der Waals surface area contributed by atoms with Crippen LogP contribution in [0.2, 0.25) is 0 Å². The number of carbonyl (C=O) groups excluding carboxylic acids is 1. The van der Waals surface area contributed by atoms with E-state index in [2.05, 4.69) is 23.0 Å². The molecule has 17 heavy (non-hydrogen) atoms. The highest BCUT2D eigenvalue weighted by Crippen LogP contribution is 2.14. The summed E-state index contributed by atoms with van der Waals surface area (Å²) in [5.74, 6) is -0.217. The van der Waals surface area contributed by atoms with Crippen molar-refractivity contribution in [3.63, 3.8) is 0 Å². The second-order valence-electron chi connectivity index (χ2n) is 4.59. The average molecular weight is 299 g/mol. The van der Waals surface area contributed by atoms with Crippen LogP contribution in [0.15, 0.2) is 28.7 Å². The molecule has 1 N–H and O–H groups in total. The lowest BCUT2D eigenvalue weighted by Crippen LogP contribution is -3.11. The van der Waals surface area contributed by atoms with Gasteiger partial charge in [-0.1, -0.05) is 22.0 Å². The number of piperidine rings is 1. The number of hydrogen-bond acceptors (Lipinski definition) is 2. The van der Waals surface area contributed by atoms with E-state index in [9.17, 15) is 4.79 Å².